The molecule has 1 fully saturated rings. The molecule has 18 heavy (non-hydrogen) atoms. The van der Waals surface area contributed by atoms with Crippen LogP contribution >= 0.6 is 0 Å². The predicted octanol–water partition coefficient (Wildman–Crippen LogP) is 1.03. The zero-order chi connectivity index (χ0) is 13.1. The Labute approximate surface area is 109 Å². The number of hydrogen-bond acceptors (Lipinski definition) is 4. The van der Waals surface area contributed by atoms with Crippen LogP contribution in [-0.2, 0) is 0 Å². The number of hydrogen-bond donors (Lipinski definition) is 2. The minimum atomic E-state index is 0.202. The Morgan fingerprint density at radius 3 is 2.78 bits per heavy atom. The van der Waals surface area contributed by atoms with E-state index in [0.29, 0.717) is 18.3 Å². The van der Waals surface area contributed by atoms with Gasteiger partial charge in [0.25, 0.3) is 0 Å². The molecule has 0 radical (unpaired) electrons. The number of phenols is 1. The largest absolute Gasteiger partial charge is 0.508 e. The lowest BCUT2D eigenvalue weighted by molar-refractivity contribution is 0.0613. The van der Waals surface area contributed by atoms with Crippen LogP contribution < -0.4 is 5.73 Å². The molecule has 3 N–H and O–H groups in total. The average molecular weight is 249 g/mol. The summed E-state index contributed by atoms with van der Waals surface area (Å²) in [6.07, 6.45) is 0. The number of phenolic OH excluding ortho intramolecular Hbond substituents is 1. The van der Waals surface area contributed by atoms with Crippen molar-refractivity contribution in [1.29, 1.82) is 0 Å². The SMILES string of the molecule is CC(c1ccccc1O)N1CCN(C)CC1CN. The Balaban J connectivity index is 2.17. The molecule has 2 rings (SSSR count). The minimum Gasteiger partial charge on any atom is -0.508 e. The molecule has 1 saturated heterocycles. The summed E-state index contributed by atoms with van der Waals surface area (Å²) in [4.78, 5) is 4.71. The molecule has 0 bridgehead atoms. The summed E-state index contributed by atoms with van der Waals surface area (Å²) < 4.78 is 0. The van der Waals surface area contributed by atoms with Crippen LogP contribution in [0, 0.1) is 0 Å². The first-order chi connectivity index (χ1) is 8.63. The maximum atomic E-state index is 9.95. The van der Waals surface area contributed by atoms with Crippen molar-refractivity contribution in [2.24, 2.45) is 5.73 Å². The fourth-order valence-electron chi connectivity index (χ4n) is 2.76. The maximum absolute atomic E-state index is 9.95. The normalized spacial score (nSPS) is 24.1. The number of benzene rings is 1. The molecule has 1 heterocycles. The molecule has 0 aliphatic carbocycles. The highest BCUT2D eigenvalue weighted by molar-refractivity contribution is 5.34. The van der Waals surface area contributed by atoms with Gasteiger partial charge in [-0.05, 0) is 20.0 Å². The Bertz CT molecular complexity index is 396. The highest BCUT2D eigenvalue weighted by Gasteiger charge is 2.29. The van der Waals surface area contributed by atoms with E-state index in [-0.39, 0.29) is 6.04 Å². The molecular formula is C14H23N3O. The quantitative estimate of drug-likeness (QED) is 0.840. The monoisotopic (exact) mass is 249 g/mol. The van der Waals surface area contributed by atoms with Crippen LogP contribution in [0.2, 0.25) is 0 Å². The van der Waals surface area contributed by atoms with Crippen LogP contribution in [0.15, 0.2) is 24.3 Å². The van der Waals surface area contributed by atoms with Crippen molar-refractivity contribution in [3.8, 4) is 5.75 Å². The molecule has 0 amide bonds. The first-order valence-electron chi connectivity index (χ1n) is 6.55. The van der Waals surface area contributed by atoms with Crippen LogP contribution in [0.4, 0.5) is 0 Å². The number of aromatic hydroxyl groups is 1. The summed E-state index contributed by atoms with van der Waals surface area (Å²) in [6.45, 7) is 5.84. The van der Waals surface area contributed by atoms with E-state index in [2.05, 4.69) is 23.8 Å². The van der Waals surface area contributed by atoms with Gasteiger partial charge in [-0.15, -0.1) is 0 Å². The first kappa shape index (κ1) is 13.3. The van der Waals surface area contributed by atoms with Crippen molar-refractivity contribution >= 4 is 0 Å². The second kappa shape index (κ2) is 5.69. The smallest absolute Gasteiger partial charge is 0.120 e. The predicted molar refractivity (Wildman–Crippen MR) is 73.6 cm³/mol. The molecule has 4 nitrogen and oxygen atoms in total. The lowest BCUT2D eigenvalue weighted by Crippen LogP contribution is -2.55. The second-order valence-electron chi connectivity index (χ2n) is 5.12. The highest BCUT2D eigenvalue weighted by Crippen LogP contribution is 2.30. The van der Waals surface area contributed by atoms with Gasteiger partial charge in [0.2, 0.25) is 0 Å². The van der Waals surface area contributed by atoms with Gasteiger partial charge in [0.1, 0.15) is 5.75 Å². The van der Waals surface area contributed by atoms with Crippen molar-refractivity contribution in [2.75, 3.05) is 33.2 Å². The van der Waals surface area contributed by atoms with Crippen molar-refractivity contribution in [3.63, 3.8) is 0 Å². The van der Waals surface area contributed by atoms with E-state index in [9.17, 15) is 5.11 Å². The lowest BCUT2D eigenvalue weighted by atomic mass is 10.0. The van der Waals surface area contributed by atoms with E-state index < -0.39 is 0 Å². The number of para-hydroxylation sites is 1. The van der Waals surface area contributed by atoms with Crippen LogP contribution in [0.1, 0.15) is 18.5 Å². The van der Waals surface area contributed by atoms with Crippen molar-refractivity contribution in [2.45, 2.75) is 19.0 Å². The number of nitrogens with zero attached hydrogens (tertiary/aromatic N) is 2. The summed E-state index contributed by atoms with van der Waals surface area (Å²) in [5.41, 5.74) is 6.87. The average Bonchev–Trinajstić information content (AvgIpc) is 2.38. The molecule has 1 aromatic rings. The second-order valence-corrected chi connectivity index (χ2v) is 5.12. The fourth-order valence-corrected chi connectivity index (χ4v) is 2.76. The van der Waals surface area contributed by atoms with E-state index in [0.717, 1.165) is 25.2 Å². The Kier molecular flexibility index (Phi) is 4.22. The molecule has 1 aliphatic heterocycles. The van der Waals surface area contributed by atoms with Gasteiger partial charge in [-0.2, -0.15) is 0 Å². The number of rotatable bonds is 3. The van der Waals surface area contributed by atoms with Gasteiger partial charge in [0, 0.05) is 43.8 Å². The summed E-state index contributed by atoms with van der Waals surface area (Å²) in [5, 5.41) is 9.95. The molecule has 4 heteroatoms. The van der Waals surface area contributed by atoms with Crippen molar-refractivity contribution in [1.82, 2.24) is 9.80 Å². The third kappa shape index (κ3) is 2.66. The van der Waals surface area contributed by atoms with Gasteiger partial charge in [0.15, 0.2) is 0 Å². The van der Waals surface area contributed by atoms with Crippen molar-refractivity contribution in [3.05, 3.63) is 29.8 Å². The van der Waals surface area contributed by atoms with Gasteiger partial charge in [-0.1, -0.05) is 18.2 Å². The zero-order valence-electron chi connectivity index (χ0n) is 11.2. The van der Waals surface area contributed by atoms with E-state index in [4.69, 9.17) is 5.73 Å². The molecule has 1 aromatic carbocycles. The fraction of sp³-hybridized carbons (Fsp3) is 0.571. The van der Waals surface area contributed by atoms with Gasteiger partial charge in [0.05, 0.1) is 0 Å². The zero-order valence-corrected chi connectivity index (χ0v) is 11.2. The van der Waals surface area contributed by atoms with Gasteiger partial charge >= 0.3 is 0 Å². The summed E-state index contributed by atoms with van der Waals surface area (Å²) in [5.74, 6) is 0.375. The highest BCUT2D eigenvalue weighted by atomic mass is 16.3. The topological polar surface area (TPSA) is 52.7 Å². The molecule has 1 aliphatic rings. The Hall–Kier alpha value is -1.10. The van der Waals surface area contributed by atoms with Gasteiger partial charge in [-0.25, -0.2) is 0 Å². The van der Waals surface area contributed by atoms with Crippen LogP contribution in [0.5, 0.6) is 5.75 Å². The molecular weight excluding hydrogens is 226 g/mol. The van der Waals surface area contributed by atoms with Crippen LogP contribution in [0.25, 0.3) is 0 Å². The van der Waals surface area contributed by atoms with Crippen LogP contribution in [0.3, 0.4) is 0 Å². The summed E-state index contributed by atoms with van der Waals surface area (Å²) in [6, 6.07) is 8.13. The van der Waals surface area contributed by atoms with Crippen molar-refractivity contribution < 1.29 is 5.11 Å². The molecule has 0 spiro atoms. The third-order valence-corrected chi connectivity index (χ3v) is 3.89. The maximum Gasteiger partial charge on any atom is 0.120 e. The molecule has 0 aromatic heterocycles. The summed E-state index contributed by atoms with van der Waals surface area (Å²) in [7, 11) is 2.13. The number of likely N-dealkylation sites (N-methyl/N-ethyl adjacent to an activating group) is 1. The van der Waals surface area contributed by atoms with Crippen LogP contribution in [-0.4, -0.2) is 54.2 Å². The summed E-state index contributed by atoms with van der Waals surface area (Å²) >= 11 is 0. The standard InChI is InChI=1S/C14H23N3O/c1-11(13-5-3-4-6-14(13)18)17-8-7-16(2)10-12(17)9-15/h3-6,11-12,18H,7-10,15H2,1-2H3. The lowest BCUT2D eigenvalue weighted by Gasteiger charge is -2.43. The Morgan fingerprint density at radius 2 is 2.11 bits per heavy atom. The van der Waals surface area contributed by atoms with Gasteiger partial charge in [-0.3, -0.25) is 4.90 Å². The molecule has 100 valence electrons. The van der Waals surface area contributed by atoms with E-state index in [1.807, 2.05) is 18.2 Å². The molecule has 2 unspecified atom stereocenters. The number of piperazine rings is 1. The van der Waals surface area contributed by atoms with E-state index in [1.54, 1.807) is 6.07 Å². The molecule has 0 saturated carbocycles. The van der Waals surface area contributed by atoms with Gasteiger partial charge < -0.3 is 15.7 Å². The minimum absolute atomic E-state index is 0.202. The number of nitrogens with two attached hydrogens (primary N) is 1. The molecule has 2 atom stereocenters. The van der Waals surface area contributed by atoms with E-state index >= 15 is 0 Å². The van der Waals surface area contributed by atoms with E-state index in [1.165, 1.54) is 0 Å². The first-order valence-corrected chi connectivity index (χ1v) is 6.55. The Morgan fingerprint density at radius 1 is 1.39 bits per heavy atom. The third-order valence-electron chi connectivity index (χ3n) is 3.89.